The number of nitrogens with zero attached hydrogens (tertiary/aromatic N) is 1. The summed E-state index contributed by atoms with van der Waals surface area (Å²) in [7, 11) is 5.80. The maximum Gasteiger partial charge on any atom is 0.159 e. The summed E-state index contributed by atoms with van der Waals surface area (Å²) in [5, 5.41) is 3.08. The van der Waals surface area contributed by atoms with Crippen molar-refractivity contribution in [2.45, 2.75) is 18.9 Å². The minimum atomic E-state index is -0.790. The summed E-state index contributed by atoms with van der Waals surface area (Å²) in [6, 6.07) is 4.26. The van der Waals surface area contributed by atoms with E-state index in [1.807, 2.05) is 26.0 Å². The minimum absolute atomic E-state index is 0.124. The molecular weight excluding hydrogens is 222 g/mol. The SMILES string of the molecule is CNCCCC(c1ccc(F)c(F)c1)N(C)C. The molecule has 0 aliphatic heterocycles. The van der Waals surface area contributed by atoms with Gasteiger partial charge in [0.25, 0.3) is 0 Å². The number of nitrogens with one attached hydrogen (secondary N) is 1. The highest BCUT2D eigenvalue weighted by atomic mass is 19.2. The predicted molar refractivity (Wildman–Crippen MR) is 65.9 cm³/mol. The van der Waals surface area contributed by atoms with E-state index in [9.17, 15) is 8.78 Å². The fourth-order valence-electron chi connectivity index (χ4n) is 1.91. The largest absolute Gasteiger partial charge is 0.320 e. The summed E-state index contributed by atoms with van der Waals surface area (Å²) >= 11 is 0. The molecule has 1 rings (SSSR count). The second-order valence-electron chi connectivity index (χ2n) is 4.40. The lowest BCUT2D eigenvalue weighted by Gasteiger charge is -2.25. The maximum atomic E-state index is 13.2. The second kappa shape index (κ2) is 6.67. The smallest absolute Gasteiger partial charge is 0.159 e. The molecule has 2 nitrogen and oxygen atoms in total. The molecule has 0 amide bonds. The van der Waals surface area contributed by atoms with Crippen LogP contribution in [0.4, 0.5) is 8.78 Å². The predicted octanol–water partition coefficient (Wildman–Crippen LogP) is 2.57. The molecule has 1 aromatic carbocycles. The summed E-state index contributed by atoms with van der Waals surface area (Å²) in [4.78, 5) is 2.03. The molecule has 0 saturated carbocycles. The molecule has 1 aromatic rings. The molecule has 0 fully saturated rings. The Labute approximate surface area is 102 Å². The van der Waals surface area contributed by atoms with Gasteiger partial charge in [-0.25, -0.2) is 8.78 Å². The van der Waals surface area contributed by atoms with Crippen molar-refractivity contribution < 1.29 is 8.78 Å². The van der Waals surface area contributed by atoms with Gasteiger partial charge in [0.2, 0.25) is 0 Å². The first kappa shape index (κ1) is 14.1. The normalized spacial score (nSPS) is 13.1. The van der Waals surface area contributed by atoms with Gasteiger partial charge in [0.05, 0.1) is 0 Å². The molecular formula is C13H20F2N2. The van der Waals surface area contributed by atoms with Gasteiger partial charge in [-0.3, -0.25) is 0 Å². The van der Waals surface area contributed by atoms with Crippen LogP contribution >= 0.6 is 0 Å². The number of benzene rings is 1. The van der Waals surface area contributed by atoms with Crippen LogP contribution in [0.3, 0.4) is 0 Å². The molecule has 0 saturated heterocycles. The Kier molecular flexibility index (Phi) is 5.51. The lowest BCUT2D eigenvalue weighted by Crippen LogP contribution is -2.21. The average molecular weight is 242 g/mol. The summed E-state index contributed by atoms with van der Waals surface area (Å²) < 4.78 is 26.1. The summed E-state index contributed by atoms with van der Waals surface area (Å²) in [6.07, 6.45) is 1.91. The van der Waals surface area contributed by atoms with E-state index >= 15 is 0 Å². The Bertz CT molecular complexity index is 353. The number of halogens is 2. The first-order valence-electron chi connectivity index (χ1n) is 5.82. The molecule has 4 heteroatoms. The van der Waals surface area contributed by atoms with Gasteiger partial charge in [0, 0.05) is 6.04 Å². The van der Waals surface area contributed by atoms with E-state index < -0.39 is 11.6 Å². The Morgan fingerprint density at radius 3 is 2.47 bits per heavy atom. The van der Waals surface area contributed by atoms with Crippen molar-refractivity contribution in [1.82, 2.24) is 10.2 Å². The molecule has 17 heavy (non-hydrogen) atoms. The molecule has 1 unspecified atom stereocenters. The third-order valence-electron chi connectivity index (χ3n) is 2.86. The van der Waals surface area contributed by atoms with Gasteiger partial charge < -0.3 is 10.2 Å². The molecule has 0 aliphatic carbocycles. The van der Waals surface area contributed by atoms with Crippen LogP contribution in [0.15, 0.2) is 18.2 Å². The van der Waals surface area contributed by atoms with Gasteiger partial charge in [-0.1, -0.05) is 6.07 Å². The molecule has 0 aromatic heterocycles. The van der Waals surface area contributed by atoms with Crippen LogP contribution in [-0.4, -0.2) is 32.6 Å². The highest BCUT2D eigenvalue weighted by Crippen LogP contribution is 2.24. The van der Waals surface area contributed by atoms with Crippen molar-refractivity contribution in [3.63, 3.8) is 0 Å². The lowest BCUT2D eigenvalue weighted by molar-refractivity contribution is 0.278. The van der Waals surface area contributed by atoms with Crippen molar-refractivity contribution in [3.05, 3.63) is 35.4 Å². The summed E-state index contributed by atoms with van der Waals surface area (Å²) in [6.45, 7) is 0.925. The number of hydrogen-bond acceptors (Lipinski definition) is 2. The van der Waals surface area contributed by atoms with Crippen molar-refractivity contribution in [3.8, 4) is 0 Å². The zero-order valence-electron chi connectivity index (χ0n) is 10.6. The summed E-state index contributed by atoms with van der Waals surface area (Å²) in [5.41, 5.74) is 0.824. The molecule has 1 N–H and O–H groups in total. The minimum Gasteiger partial charge on any atom is -0.320 e. The van der Waals surface area contributed by atoms with Gasteiger partial charge in [-0.05, 0) is 58.2 Å². The van der Waals surface area contributed by atoms with E-state index in [-0.39, 0.29) is 6.04 Å². The first-order valence-corrected chi connectivity index (χ1v) is 5.82. The van der Waals surface area contributed by atoms with Gasteiger partial charge in [0.1, 0.15) is 0 Å². The molecule has 0 bridgehead atoms. The first-order chi connectivity index (χ1) is 8.06. The topological polar surface area (TPSA) is 15.3 Å². The standard InChI is InChI=1S/C13H20F2N2/c1-16-8-4-5-13(17(2)3)10-6-7-11(14)12(15)9-10/h6-7,9,13,16H,4-5,8H2,1-3H3. The Balaban J connectivity index is 2.78. The van der Waals surface area contributed by atoms with Crippen molar-refractivity contribution in [2.24, 2.45) is 0 Å². The summed E-state index contributed by atoms with van der Waals surface area (Å²) in [5.74, 6) is -1.57. The third-order valence-corrected chi connectivity index (χ3v) is 2.86. The van der Waals surface area contributed by atoms with E-state index in [2.05, 4.69) is 5.32 Å². The number of rotatable bonds is 6. The molecule has 1 atom stereocenters. The van der Waals surface area contributed by atoms with Crippen LogP contribution in [0, 0.1) is 11.6 Å². The van der Waals surface area contributed by atoms with Crippen molar-refractivity contribution >= 4 is 0 Å². The van der Waals surface area contributed by atoms with E-state index in [1.54, 1.807) is 6.07 Å². The highest BCUT2D eigenvalue weighted by Gasteiger charge is 2.15. The second-order valence-corrected chi connectivity index (χ2v) is 4.40. The van der Waals surface area contributed by atoms with Crippen LogP contribution in [0.2, 0.25) is 0 Å². The monoisotopic (exact) mass is 242 g/mol. The van der Waals surface area contributed by atoms with Gasteiger partial charge in [0.15, 0.2) is 11.6 Å². The zero-order valence-corrected chi connectivity index (χ0v) is 10.6. The van der Waals surface area contributed by atoms with Crippen LogP contribution in [-0.2, 0) is 0 Å². The fraction of sp³-hybridized carbons (Fsp3) is 0.538. The van der Waals surface area contributed by atoms with E-state index in [1.165, 1.54) is 12.1 Å². The van der Waals surface area contributed by atoms with Gasteiger partial charge in [-0.15, -0.1) is 0 Å². The van der Waals surface area contributed by atoms with Crippen LogP contribution in [0.25, 0.3) is 0 Å². The zero-order chi connectivity index (χ0) is 12.8. The fourth-order valence-corrected chi connectivity index (χ4v) is 1.91. The van der Waals surface area contributed by atoms with Crippen molar-refractivity contribution in [1.29, 1.82) is 0 Å². The Morgan fingerprint density at radius 2 is 1.94 bits per heavy atom. The molecule has 0 aliphatic rings. The molecule has 0 radical (unpaired) electrons. The van der Waals surface area contributed by atoms with Gasteiger partial charge in [-0.2, -0.15) is 0 Å². The molecule has 96 valence electrons. The highest BCUT2D eigenvalue weighted by molar-refractivity contribution is 5.21. The molecule has 0 heterocycles. The van der Waals surface area contributed by atoms with Crippen LogP contribution in [0.5, 0.6) is 0 Å². The maximum absolute atomic E-state index is 13.2. The van der Waals surface area contributed by atoms with Crippen LogP contribution < -0.4 is 5.32 Å². The van der Waals surface area contributed by atoms with Crippen LogP contribution in [0.1, 0.15) is 24.4 Å². The van der Waals surface area contributed by atoms with E-state index in [4.69, 9.17) is 0 Å². The van der Waals surface area contributed by atoms with Gasteiger partial charge >= 0.3 is 0 Å². The number of hydrogen-bond donors (Lipinski definition) is 1. The quantitative estimate of drug-likeness (QED) is 0.771. The van der Waals surface area contributed by atoms with Crippen molar-refractivity contribution in [2.75, 3.05) is 27.7 Å². The molecule has 0 spiro atoms. The van der Waals surface area contributed by atoms with E-state index in [0.29, 0.717) is 0 Å². The Morgan fingerprint density at radius 1 is 1.24 bits per heavy atom. The average Bonchev–Trinajstić information content (AvgIpc) is 2.28. The van der Waals surface area contributed by atoms with E-state index in [0.717, 1.165) is 24.9 Å². The lowest BCUT2D eigenvalue weighted by atomic mass is 10.0. The third kappa shape index (κ3) is 4.06. The Hall–Kier alpha value is -1.00.